The second kappa shape index (κ2) is 17.8. The molecule has 1 aromatic carbocycles. The minimum atomic E-state index is -1.20. The van der Waals surface area contributed by atoms with Gasteiger partial charge in [0.1, 0.15) is 18.1 Å². The average Bonchev–Trinajstić information content (AvgIpc) is 3.31. The Labute approximate surface area is 343 Å². The van der Waals surface area contributed by atoms with Gasteiger partial charge in [0.2, 0.25) is 0 Å². The fourth-order valence-electron chi connectivity index (χ4n) is 9.97. The van der Waals surface area contributed by atoms with Crippen molar-refractivity contribution in [2.75, 3.05) is 33.8 Å². The van der Waals surface area contributed by atoms with Gasteiger partial charge in [0.25, 0.3) is 0 Å². The molecule has 5 heterocycles. The van der Waals surface area contributed by atoms with Crippen LogP contribution in [0.25, 0.3) is 17.0 Å². The Balaban J connectivity index is 1.42. The van der Waals surface area contributed by atoms with E-state index in [2.05, 4.69) is 24.9 Å². The molecule has 1 amide bonds. The molecule has 0 spiro atoms. The van der Waals surface area contributed by atoms with Crippen molar-refractivity contribution in [1.29, 1.82) is 0 Å². The largest absolute Gasteiger partial charge is 0.457 e. The highest BCUT2D eigenvalue weighted by molar-refractivity contribution is 6.00. The fourth-order valence-corrected chi connectivity index (χ4v) is 9.97. The number of carbonyl (C=O) groups excluding carboxylic acids is 3. The summed E-state index contributed by atoms with van der Waals surface area (Å²) in [6, 6.07) is 9.25. The number of aromatic nitrogens is 1. The average molecular weight is 805 g/mol. The lowest BCUT2D eigenvalue weighted by atomic mass is 9.73. The van der Waals surface area contributed by atoms with E-state index in [0.717, 1.165) is 22.2 Å². The molecule has 4 aliphatic heterocycles. The molecule has 13 nitrogen and oxygen atoms in total. The molecule has 0 saturated carbocycles. The van der Waals surface area contributed by atoms with Crippen molar-refractivity contribution in [3.05, 3.63) is 48.2 Å². The first-order valence-corrected chi connectivity index (χ1v) is 21.1. The number of benzene rings is 1. The lowest BCUT2D eigenvalue weighted by Gasteiger charge is -2.47. The van der Waals surface area contributed by atoms with Gasteiger partial charge in [0.05, 0.1) is 42.5 Å². The van der Waals surface area contributed by atoms with Gasteiger partial charge in [-0.15, -0.1) is 0 Å². The molecule has 4 aliphatic rings. The number of amides is 1. The highest BCUT2D eigenvalue weighted by atomic mass is 16.7. The summed E-state index contributed by atoms with van der Waals surface area (Å²) in [7, 11) is 3.82. The van der Waals surface area contributed by atoms with Gasteiger partial charge < -0.3 is 33.7 Å². The van der Waals surface area contributed by atoms with Crippen LogP contribution in [0.1, 0.15) is 86.6 Å². The Morgan fingerprint density at radius 1 is 1.07 bits per heavy atom. The molecule has 1 aromatic heterocycles. The number of ketones is 1. The van der Waals surface area contributed by atoms with Gasteiger partial charge >= 0.3 is 12.1 Å². The van der Waals surface area contributed by atoms with Crippen molar-refractivity contribution in [3.63, 3.8) is 0 Å². The van der Waals surface area contributed by atoms with E-state index in [9.17, 15) is 19.5 Å². The maximum atomic E-state index is 14.7. The Hall–Kier alpha value is -3.75. The van der Waals surface area contributed by atoms with Crippen LogP contribution in [-0.2, 0) is 33.3 Å². The third-order valence-electron chi connectivity index (χ3n) is 13.0. The molecular formula is C45H64N4O9. The van der Waals surface area contributed by atoms with Crippen LogP contribution in [0.2, 0.25) is 0 Å². The Morgan fingerprint density at radius 3 is 2.53 bits per heavy atom. The first-order chi connectivity index (χ1) is 27.5. The van der Waals surface area contributed by atoms with Gasteiger partial charge in [-0.1, -0.05) is 64.5 Å². The molecular weight excluding hydrogens is 741 g/mol. The lowest BCUT2D eigenvalue weighted by Crippen LogP contribution is -2.60. The molecule has 1 unspecified atom stereocenters. The molecule has 6 rings (SSSR count). The third kappa shape index (κ3) is 8.75. The first kappa shape index (κ1) is 43.8. The van der Waals surface area contributed by atoms with Crippen LogP contribution in [0.5, 0.6) is 0 Å². The second-order valence-electron chi connectivity index (χ2n) is 17.6. The SMILES string of the molecule is CCC[C@H]1OC(=O)[C@H](C)C(=O)[C@H](C)[C@@H](O[C@H]2O[C@@H](C)C[C@@H](N(C)C)C2O)[C@@](C)(OC/C=C/c2cnc3ccccc3c2)C[C@@H](C)C2=NCCN3C(=O)O[C@@]1(C)[C@H]3[C@H]2C. The Bertz CT molecular complexity index is 1870. The van der Waals surface area contributed by atoms with Crippen molar-refractivity contribution < 1.29 is 43.2 Å². The maximum Gasteiger partial charge on any atom is 0.410 e. The van der Waals surface area contributed by atoms with Gasteiger partial charge in [-0.05, 0) is 84.7 Å². The topological polar surface area (TPSA) is 149 Å². The number of esters is 1. The number of Topliss-reactive ketones (excluding diaryl/α,β-unsaturated/α-hetero) is 1. The van der Waals surface area contributed by atoms with E-state index in [1.807, 2.05) is 89.3 Å². The normalized spacial score (nSPS) is 37.7. The highest BCUT2D eigenvalue weighted by Crippen LogP contribution is 2.44. The summed E-state index contributed by atoms with van der Waals surface area (Å²) in [6.45, 7) is 16.0. The van der Waals surface area contributed by atoms with Crippen LogP contribution >= 0.6 is 0 Å². The number of ether oxygens (including phenoxy) is 5. The van der Waals surface area contributed by atoms with Crippen LogP contribution in [0.15, 0.2) is 47.6 Å². The van der Waals surface area contributed by atoms with Gasteiger partial charge in [0.15, 0.2) is 17.7 Å². The van der Waals surface area contributed by atoms with E-state index in [1.165, 1.54) is 0 Å². The zero-order chi connectivity index (χ0) is 42.1. The number of hydrogen-bond acceptors (Lipinski definition) is 12. The van der Waals surface area contributed by atoms with E-state index in [0.29, 0.717) is 38.8 Å². The van der Waals surface area contributed by atoms with Crippen LogP contribution in [0.4, 0.5) is 4.79 Å². The van der Waals surface area contributed by atoms with Crippen molar-refractivity contribution in [2.45, 2.75) is 135 Å². The number of aliphatic hydroxyl groups is 1. The summed E-state index contributed by atoms with van der Waals surface area (Å²) in [5.41, 5.74) is 0.301. The van der Waals surface area contributed by atoms with Crippen LogP contribution in [0, 0.1) is 23.7 Å². The predicted octanol–water partition coefficient (Wildman–Crippen LogP) is 6.10. The number of aliphatic imine (C=N–C) groups is 1. The number of fused-ring (bicyclic) bond motifs is 2. The van der Waals surface area contributed by atoms with E-state index in [4.69, 9.17) is 28.7 Å². The van der Waals surface area contributed by atoms with E-state index >= 15 is 0 Å². The number of likely N-dealkylation sites (N-methyl/N-ethyl adjacent to an activating group) is 1. The van der Waals surface area contributed by atoms with Gasteiger partial charge in [-0.3, -0.25) is 24.5 Å². The number of pyridine rings is 1. The minimum absolute atomic E-state index is 0.150. The molecule has 58 heavy (non-hydrogen) atoms. The molecule has 3 fully saturated rings. The quantitative estimate of drug-likeness (QED) is 0.232. The zero-order valence-corrected chi connectivity index (χ0v) is 35.9. The first-order valence-electron chi connectivity index (χ1n) is 21.1. The predicted molar refractivity (Wildman–Crippen MR) is 221 cm³/mol. The molecule has 0 aliphatic carbocycles. The lowest BCUT2D eigenvalue weighted by molar-refractivity contribution is -0.296. The van der Waals surface area contributed by atoms with Gasteiger partial charge in [-0.25, -0.2) is 4.79 Å². The van der Waals surface area contributed by atoms with Gasteiger partial charge in [0, 0.05) is 41.7 Å². The molecule has 13 heteroatoms. The van der Waals surface area contributed by atoms with E-state index in [1.54, 1.807) is 18.7 Å². The fraction of sp³-hybridized carbons (Fsp3) is 0.667. The standard InChI is InChI=1S/C45H64N4O9/c1-11-15-35-45(8)39-28(4)36(46-19-20-49(39)43(53)58-45)26(2)24-44(7,54-21-14-16-31-23-32-17-12-13-18-33(32)47-25-31)40(29(5)37(50)30(6)41(52)56-35)57-42-38(51)34(48(9)10)22-27(3)55-42/h12-14,16-18,23,25-30,34-35,38-40,42,51H,11,15,19-22,24H2,1-10H3/b16-14+/t26-,27+,28+,29+,30-,34-,35-,38?,39-,40-,42-,44+,45-/m1/s1. The molecule has 318 valence electrons. The molecule has 2 aromatic rings. The molecule has 13 atom stereocenters. The smallest absolute Gasteiger partial charge is 0.410 e. The number of nitrogens with zero attached hydrogens (tertiary/aromatic N) is 4. The number of carbonyl (C=O) groups is 3. The monoisotopic (exact) mass is 804 g/mol. The van der Waals surface area contributed by atoms with Crippen LogP contribution < -0.4 is 0 Å². The Morgan fingerprint density at radius 2 is 1.81 bits per heavy atom. The van der Waals surface area contributed by atoms with Crippen LogP contribution in [-0.4, -0.2) is 131 Å². The zero-order valence-electron chi connectivity index (χ0n) is 35.9. The van der Waals surface area contributed by atoms with Crippen molar-refractivity contribution in [3.8, 4) is 0 Å². The number of cyclic esters (lactones) is 1. The number of aliphatic hydroxyl groups excluding tert-OH is 1. The molecule has 1 N–H and O–H groups in total. The van der Waals surface area contributed by atoms with E-state index in [-0.39, 0.29) is 30.6 Å². The maximum absolute atomic E-state index is 14.7. The van der Waals surface area contributed by atoms with Gasteiger partial charge in [-0.2, -0.15) is 0 Å². The summed E-state index contributed by atoms with van der Waals surface area (Å²) in [5, 5.41) is 12.7. The summed E-state index contributed by atoms with van der Waals surface area (Å²) < 4.78 is 32.6. The number of rotatable bonds is 9. The van der Waals surface area contributed by atoms with Crippen molar-refractivity contribution >= 4 is 40.5 Å². The van der Waals surface area contributed by atoms with Crippen molar-refractivity contribution in [2.24, 2.45) is 28.7 Å². The number of para-hydroxylation sites is 1. The van der Waals surface area contributed by atoms with Crippen molar-refractivity contribution in [1.82, 2.24) is 14.8 Å². The summed E-state index contributed by atoms with van der Waals surface area (Å²) >= 11 is 0. The minimum Gasteiger partial charge on any atom is -0.457 e. The molecule has 2 bridgehead atoms. The summed E-state index contributed by atoms with van der Waals surface area (Å²) in [4.78, 5) is 55.7. The Kier molecular flexibility index (Phi) is 13.5. The van der Waals surface area contributed by atoms with E-state index < -0.39 is 71.5 Å². The summed E-state index contributed by atoms with van der Waals surface area (Å²) in [5.74, 6) is -3.70. The summed E-state index contributed by atoms with van der Waals surface area (Å²) in [6.07, 6.45) is 3.11. The number of hydrogen-bond donors (Lipinski definition) is 1. The molecule has 3 saturated heterocycles. The molecule has 0 radical (unpaired) electrons. The highest BCUT2D eigenvalue weighted by Gasteiger charge is 2.60. The van der Waals surface area contributed by atoms with Crippen LogP contribution in [0.3, 0.4) is 0 Å². The second-order valence-corrected chi connectivity index (χ2v) is 17.6. The third-order valence-corrected chi connectivity index (χ3v) is 13.0.